The standard InChI is InChI=1S/C13H20FNO2/c1-11-12(14)5-3-6-13(11)15-7-10-17-9-4-8-16-2/h3,5-6,15H,4,7-10H2,1-2H3. The van der Waals surface area contributed by atoms with Gasteiger partial charge in [0.1, 0.15) is 5.82 Å². The number of hydrogen-bond acceptors (Lipinski definition) is 3. The highest BCUT2D eigenvalue weighted by Crippen LogP contribution is 2.16. The Balaban J connectivity index is 2.16. The molecular formula is C13H20FNO2. The summed E-state index contributed by atoms with van der Waals surface area (Å²) in [7, 11) is 1.67. The van der Waals surface area contributed by atoms with E-state index in [1.165, 1.54) is 6.07 Å². The molecule has 0 unspecified atom stereocenters. The van der Waals surface area contributed by atoms with E-state index in [1.807, 2.05) is 6.07 Å². The molecule has 96 valence electrons. The molecular weight excluding hydrogens is 221 g/mol. The van der Waals surface area contributed by atoms with Gasteiger partial charge in [0.15, 0.2) is 0 Å². The second kappa shape index (κ2) is 8.03. The highest BCUT2D eigenvalue weighted by Gasteiger charge is 2.01. The van der Waals surface area contributed by atoms with Crippen molar-refractivity contribution in [2.45, 2.75) is 13.3 Å². The topological polar surface area (TPSA) is 30.5 Å². The number of methoxy groups -OCH3 is 1. The lowest BCUT2D eigenvalue weighted by Gasteiger charge is -2.10. The minimum atomic E-state index is -0.184. The molecule has 1 aromatic carbocycles. The van der Waals surface area contributed by atoms with Gasteiger partial charge < -0.3 is 14.8 Å². The fourth-order valence-corrected chi connectivity index (χ4v) is 1.46. The fourth-order valence-electron chi connectivity index (χ4n) is 1.46. The summed E-state index contributed by atoms with van der Waals surface area (Å²) in [5.41, 5.74) is 1.47. The molecule has 0 heterocycles. The summed E-state index contributed by atoms with van der Waals surface area (Å²) in [4.78, 5) is 0. The van der Waals surface area contributed by atoms with Crippen LogP contribution in [0, 0.1) is 12.7 Å². The molecule has 1 aromatic rings. The molecule has 0 saturated carbocycles. The van der Waals surface area contributed by atoms with Gasteiger partial charge in [0.25, 0.3) is 0 Å². The van der Waals surface area contributed by atoms with E-state index in [4.69, 9.17) is 9.47 Å². The molecule has 0 bridgehead atoms. The molecule has 0 fully saturated rings. The van der Waals surface area contributed by atoms with Crippen molar-refractivity contribution in [1.82, 2.24) is 0 Å². The van der Waals surface area contributed by atoms with Crippen LogP contribution in [-0.4, -0.2) is 33.5 Å². The normalized spacial score (nSPS) is 10.5. The van der Waals surface area contributed by atoms with Crippen LogP contribution in [0.5, 0.6) is 0 Å². The smallest absolute Gasteiger partial charge is 0.128 e. The lowest BCUT2D eigenvalue weighted by molar-refractivity contribution is 0.109. The highest BCUT2D eigenvalue weighted by atomic mass is 19.1. The summed E-state index contributed by atoms with van der Waals surface area (Å²) in [5.74, 6) is -0.184. The van der Waals surface area contributed by atoms with Gasteiger partial charge >= 0.3 is 0 Å². The second-order valence-electron chi connectivity index (χ2n) is 3.80. The van der Waals surface area contributed by atoms with Crippen molar-refractivity contribution in [2.24, 2.45) is 0 Å². The molecule has 4 heteroatoms. The molecule has 17 heavy (non-hydrogen) atoms. The number of benzene rings is 1. The third kappa shape index (κ3) is 5.15. The largest absolute Gasteiger partial charge is 0.385 e. The van der Waals surface area contributed by atoms with Crippen molar-refractivity contribution in [1.29, 1.82) is 0 Å². The fraction of sp³-hybridized carbons (Fsp3) is 0.538. The van der Waals surface area contributed by atoms with E-state index in [0.717, 1.165) is 18.7 Å². The molecule has 1 rings (SSSR count). The quantitative estimate of drug-likeness (QED) is 0.710. The van der Waals surface area contributed by atoms with E-state index in [0.29, 0.717) is 25.3 Å². The maximum atomic E-state index is 13.2. The number of ether oxygens (including phenoxy) is 2. The molecule has 0 radical (unpaired) electrons. The zero-order valence-electron chi connectivity index (χ0n) is 10.5. The zero-order valence-corrected chi connectivity index (χ0v) is 10.5. The van der Waals surface area contributed by atoms with Crippen molar-refractivity contribution < 1.29 is 13.9 Å². The van der Waals surface area contributed by atoms with Crippen molar-refractivity contribution in [3.63, 3.8) is 0 Å². The number of halogens is 1. The average Bonchev–Trinajstić information content (AvgIpc) is 2.33. The lowest BCUT2D eigenvalue weighted by Crippen LogP contribution is -2.11. The minimum Gasteiger partial charge on any atom is -0.385 e. The summed E-state index contributed by atoms with van der Waals surface area (Å²) < 4.78 is 23.5. The SMILES string of the molecule is COCCCOCCNc1cccc(F)c1C. The summed E-state index contributed by atoms with van der Waals surface area (Å²) >= 11 is 0. The molecule has 1 N–H and O–H groups in total. The van der Waals surface area contributed by atoms with Gasteiger partial charge in [-0.15, -0.1) is 0 Å². The van der Waals surface area contributed by atoms with Crippen LogP contribution in [-0.2, 0) is 9.47 Å². The average molecular weight is 241 g/mol. The van der Waals surface area contributed by atoms with Gasteiger partial charge in [-0.2, -0.15) is 0 Å². The first-order valence-electron chi connectivity index (χ1n) is 5.81. The molecule has 0 aliphatic rings. The van der Waals surface area contributed by atoms with Crippen LogP contribution in [0.2, 0.25) is 0 Å². The van der Waals surface area contributed by atoms with Crippen molar-refractivity contribution in [3.05, 3.63) is 29.6 Å². The summed E-state index contributed by atoms with van der Waals surface area (Å²) in [6.07, 6.45) is 0.898. The van der Waals surface area contributed by atoms with Crippen LogP contribution >= 0.6 is 0 Å². The second-order valence-corrected chi connectivity index (χ2v) is 3.80. The van der Waals surface area contributed by atoms with E-state index in [1.54, 1.807) is 20.1 Å². The lowest BCUT2D eigenvalue weighted by atomic mass is 10.2. The monoisotopic (exact) mass is 241 g/mol. The zero-order chi connectivity index (χ0) is 12.5. The Kier molecular flexibility index (Phi) is 6.58. The molecule has 0 aliphatic heterocycles. The van der Waals surface area contributed by atoms with E-state index in [2.05, 4.69) is 5.32 Å². The van der Waals surface area contributed by atoms with Gasteiger partial charge in [0.05, 0.1) is 6.61 Å². The Morgan fingerprint density at radius 3 is 2.82 bits per heavy atom. The van der Waals surface area contributed by atoms with E-state index >= 15 is 0 Å². The van der Waals surface area contributed by atoms with E-state index < -0.39 is 0 Å². The Morgan fingerprint density at radius 2 is 2.06 bits per heavy atom. The van der Waals surface area contributed by atoms with Gasteiger partial charge in [-0.3, -0.25) is 0 Å². The van der Waals surface area contributed by atoms with Crippen LogP contribution < -0.4 is 5.32 Å². The number of rotatable bonds is 8. The number of hydrogen-bond donors (Lipinski definition) is 1. The summed E-state index contributed by atoms with van der Waals surface area (Å²) in [5, 5.41) is 3.15. The van der Waals surface area contributed by atoms with Crippen LogP contribution in [0.4, 0.5) is 10.1 Å². The summed E-state index contributed by atoms with van der Waals surface area (Å²) in [6.45, 7) is 4.46. The van der Waals surface area contributed by atoms with Gasteiger partial charge in [-0.05, 0) is 25.5 Å². The predicted octanol–water partition coefficient (Wildman–Crippen LogP) is 2.60. The van der Waals surface area contributed by atoms with Crippen molar-refractivity contribution >= 4 is 5.69 Å². The van der Waals surface area contributed by atoms with E-state index in [-0.39, 0.29) is 5.82 Å². The predicted molar refractivity (Wildman–Crippen MR) is 66.9 cm³/mol. The maximum absolute atomic E-state index is 13.2. The molecule has 0 aliphatic carbocycles. The first kappa shape index (κ1) is 13.9. The Bertz CT molecular complexity index is 331. The van der Waals surface area contributed by atoms with Gasteiger partial charge in [0, 0.05) is 38.1 Å². The minimum absolute atomic E-state index is 0.184. The third-order valence-electron chi connectivity index (χ3n) is 2.47. The number of anilines is 1. The van der Waals surface area contributed by atoms with Crippen LogP contribution in [0.15, 0.2) is 18.2 Å². The molecule has 3 nitrogen and oxygen atoms in total. The van der Waals surface area contributed by atoms with Crippen molar-refractivity contribution in [2.75, 3.05) is 38.8 Å². The van der Waals surface area contributed by atoms with Gasteiger partial charge in [-0.25, -0.2) is 4.39 Å². The first-order chi connectivity index (χ1) is 8.25. The first-order valence-corrected chi connectivity index (χ1v) is 5.81. The molecule has 0 saturated heterocycles. The third-order valence-corrected chi connectivity index (χ3v) is 2.47. The highest BCUT2D eigenvalue weighted by molar-refractivity contribution is 5.50. The van der Waals surface area contributed by atoms with Crippen LogP contribution in [0.1, 0.15) is 12.0 Å². The Hall–Kier alpha value is -1.13. The van der Waals surface area contributed by atoms with Crippen LogP contribution in [0.3, 0.4) is 0 Å². The van der Waals surface area contributed by atoms with Crippen LogP contribution in [0.25, 0.3) is 0 Å². The Morgan fingerprint density at radius 1 is 1.24 bits per heavy atom. The van der Waals surface area contributed by atoms with Gasteiger partial charge in [-0.1, -0.05) is 6.07 Å². The van der Waals surface area contributed by atoms with Crippen molar-refractivity contribution in [3.8, 4) is 0 Å². The molecule has 0 atom stereocenters. The molecule has 0 amide bonds. The Labute approximate surface area is 102 Å². The summed E-state index contributed by atoms with van der Waals surface area (Å²) in [6, 6.07) is 5.02. The molecule has 0 aromatic heterocycles. The maximum Gasteiger partial charge on any atom is 0.128 e. The van der Waals surface area contributed by atoms with Gasteiger partial charge in [0.2, 0.25) is 0 Å². The van der Waals surface area contributed by atoms with E-state index in [9.17, 15) is 4.39 Å². The molecule has 0 spiro atoms. The number of nitrogens with one attached hydrogen (secondary N) is 1.